The molecular weight excluding hydrogens is 669 g/mol. The summed E-state index contributed by atoms with van der Waals surface area (Å²) in [5, 5.41) is 0. The van der Waals surface area contributed by atoms with Gasteiger partial charge in [-0.2, -0.15) is 0 Å². The van der Waals surface area contributed by atoms with Crippen molar-refractivity contribution in [2.45, 2.75) is 53.4 Å². The van der Waals surface area contributed by atoms with Gasteiger partial charge in [-0.15, -0.1) is 6.58 Å². The first-order valence-electron chi connectivity index (χ1n) is 17.9. The first kappa shape index (κ1) is 37.4. The smallest absolute Gasteiger partial charge is 0.159 e. The first-order valence-corrected chi connectivity index (χ1v) is 17.9. The number of ketones is 5. The van der Waals surface area contributed by atoms with Crippen LogP contribution in [0.3, 0.4) is 0 Å². The summed E-state index contributed by atoms with van der Waals surface area (Å²) in [6.07, 6.45) is 0.462. The van der Waals surface area contributed by atoms with Crippen LogP contribution in [0.1, 0.15) is 128 Å². The van der Waals surface area contributed by atoms with Gasteiger partial charge < -0.3 is 0 Å². The summed E-state index contributed by atoms with van der Waals surface area (Å²) >= 11 is 0. The summed E-state index contributed by atoms with van der Waals surface area (Å²) < 4.78 is 0. The maximum absolute atomic E-state index is 12.6. The van der Waals surface area contributed by atoms with Crippen LogP contribution in [0.15, 0.2) is 133 Å². The number of carbonyl (C=O) groups is 5. The Morgan fingerprint density at radius 3 is 0.870 bits per heavy atom. The van der Waals surface area contributed by atoms with E-state index in [9.17, 15) is 24.0 Å². The van der Waals surface area contributed by atoms with E-state index < -0.39 is 5.41 Å². The van der Waals surface area contributed by atoms with Crippen LogP contribution < -0.4 is 0 Å². The zero-order valence-corrected chi connectivity index (χ0v) is 31.5. The number of carbonyl (C=O) groups excluding carboxylic acids is 5. The van der Waals surface area contributed by atoms with E-state index in [4.69, 9.17) is 0 Å². The highest BCUT2D eigenvalue weighted by atomic mass is 16.1. The highest BCUT2D eigenvalue weighted by Crippen LogP contribution is 2.64. The average molecular weight is 711 g/mol. The molecule has 6 rings (SSSR count). The summed E-state index contributed by atoms with van der Waals surface area (Å²) in [7, 11) is 0. The van der Waals surface area contributed by atoms with E-state index in [1.54, 1.807) is 34.6 Å². The van der Waals surface area contributed by atoms with Crippen molar-refractivity contribution < 1.29 is 24.0 Å². The first-order chi connectivity index (χ1) is 25.7. The van der Waals surface area contributed by atoms with Crippen molar-refractivity contribution in [3.63, 3.8) is 0 Å². The Labute approximate surface area is 316 Å². The SMILES string of the molecule is C=C(C)CC1(c2ccc(C(C)=O)cc2)C(c2ccc(C(C)=O)cc2)=C(c2ccc(C(C)=O)cc2)C(c2ccc(C(C)=O)cc2)=C1c1ccc(C(C)=O)cc1. The topological polar surface area (TPSA) is 85.3 Å². The molecule has 0 amide bonds. The number of hydrogen-bond acceptors (Lipinski definition) is 5. The van der Waals surface area contributed by atoms with Gasteiger partial charge in [0.25, 0.3) is 0 Å². The fourth-order valence-corrected chi connectivity index (χ4v) is 7.66. The van der Waals surface area contributed by atoms with Gasteiger partial charge in [-0.3, -0.25) is 24.0 Å². The lowest BCUT2D eigenvalue weighted by atomic mass is 9.63. The standard InChI is InChI=1S/C49H42O5/c1-29(2)28-49(44-26-24-39(25-27-44)34(7)54)47(42-20-12-37(13-21-42)32(5)52)45(40-16-8-35(9-17-40)30(3)50)46(41-18-10-36(11-19-41)31(4)51)48(49)43-22-14-38(15-23-43)33(6)53/h8-27H,1,28H2,2-7H3. The molecule has 0 heterocycles. The van der Waals surface area contributed by atoms with Crippen LogP contribution in [-0.2, 0) is 5.41 Å². The molecule has 0 saturated carbocycles. The van der Waals surface area contributed by atoms with Gasteiger partial charge in [-0.05, 0) is 98.1 Å². The molecule has 5 nitrogen and oxygen atoms in total. The molecule has 0 N–H and O–H groups in total. The molecule has 0 saturated heterocycles. The van der Waals surface area contributed by atoms with Crippen LogP contribution in [0.25, 0.3) is 22.3 Å². The lowest BCUT2D eigenvalue weighted by Crippen LogP contribution is -2.29. The Bertz CT molecular complexity index is 2270. The van der Waals surface area contributed by atoms with Crippen molar-refractivity contribution in [3.05, 3.63) is 189 Å². The van der Waals surface area contributed by atoms with Crippen LogP contribution in [0.2, 0.25) is 0 Å². The Kier molecular flexibility index (Phi) is 10.4. The Balaban J connectivity index is 1.87. The molecule has 54 heavy (non-hydrogen) atoms. The highest BCUT2D eigenvalue weighted by Gasteiger charge is 2.49. The van der Waals surface area contributed by atoms with E-state index >= 15 is 0 Å². The molecule has 0 atom stereocenters. The second kappa shape index (κ2) is 15.0. The molecule has 5 aromatic carbocycles. The minimum atomic E-state index is -0.931. The molecule has 0 aromatic heterocycles. The molecule has 0 spiro atoms. The lowest BCUT2D eigenvalue weighted by Gasteiger charge is -2.38. The second-order valence-corrected chi connectivity index (χ2v) is 14.2. The van der Waals surface area contributed by atoms with Gasteiger partial charge in [0.05, 0.1) is 5.41 Å². The van der Waals surface area contributed by atoms with Crippen LogP contribution in [0, 0.1) is 0 Å². The summed E-state index contributed by atoms with van der Waals surface area (Å²) in [5.41, 5.74) is 10.9. The maximum atomic E-state index is 12.6. The van der Waals surface area contributed by atoms with Gasteiger partial charge in [0.15, 0.2) is 28.9 Å². The largest absolute Gasteiger partial charge is 0.295 e. The molecule has 1 aliphatic rings. The van der Waals surface area contributed by atoms with Crippen molar-refractivity contribution >= 4 is 51.2 Å². The minimum Gasteiger partial charge on any atom is -0.295 e. The molecule has 0 radical (unpaired) electrons. The number of benzene rings is 5. The van der Waals surface area contributed by atoms with Gasteiger partial charge in [-0.1, -0.05) is 127 Å². The van der Waals surface area contributed by atoms with Gasteiger partial charge in [0.2, 0.25) is 0 Å². The zero-order chi connectivity index (χ0) is 38.9. The van der Waals surface area contributed by atoms with E-state index in [0.29, 0.717) is 34.2 Å². The molecule has 268 valence electrons. The zero-order valence-electron chi connectivity index (χ0n) is 31.5. The van der Waals surface area contributed by atoms with E-state index in [1.807, 2.05) is 128 Å². The van der Waals surface area contributed by atoms with E-state index in [2.05, 4.69) is 6.58 Å². The second-order valence-electron chi connectivity index (χ2n) is 14.2. The monoisotopic (exact) mass is 710 g/mol. The van der Waals surface area contributed by atoms with Crippen LogP contribution in [-0.4, -0.2) is 28.9 Å². The molecule has 5 aromatic rings. The number of Topliss-reactive ketones (excluding diaryl/α,β-unsaturated/α-hetero) is 5. The van der Waals surface area contributed by atoms with Crippen molar-refractivity contribution in [2.75, 3.05) is 0 Å². The molecule has 1 aliphatic carbocycles. The fourth-order valence-electron chi connectivity index (χ4n) is 7.66. The third-order valence-electron chi connectivity index (χ3n) is 10.3. The van der Waals surface area contributed by atoms with E-state index in [-0.39, 0.29) is 28.9 Å². The molecule has 0 bridgehead atoms. The number of rotatable bonds is 12. The number of allylic oxidation sites excluding steroid dienone is 5. The number of hydrogen-bond donors (Lipinski definition) is 0. The quantitative estimate of drug-likeness (QED) is 0.0950. The maximum Gasteiger partial charge on any atom is 0.159 e. The summed E-state index contributed by atoms with van der Waals surface area (Å²) in [6, 6.07) is 38.2. The van der Waals surface area contributed by atoms with Crippen molar-refractivity contribution in [1.82, 2.24) is 0 Å². The van der Waals surface area contributed by atoms with Crippen molar-refractivity contribution in [3.8, 4) is 0 Å². The molecule has 0 fully saturated rings. The van der Waals surface area contributed by atoms with E-state index in [0.717, 1.165) is 55.7 Å². The summed E-state index contributed by atoms with van der Waals surface area (Å²) in [6.45, 7) is 14.2. The molecule has 0 aliphatic heterocycles. The Morgan fingerprint density at radius 2 is 0.630 bits per heavy atom. The third-order valence-corrected chi connectivity index (χ3v) is 10.3. The predicted molar refractivity (Wildman–Crippen MR) is 217 cm³/mol. The van der Waals surface area contributed by atoms with Crippen LogP contribution >= 0.6 is 0 Å². The Morgan fingerprint density at radius 1 is 0.389 bits per heavy atom. The van der Waals surface area contributed by atoms with Gasteiger partial charge in [0.1, 0.15) is 0 Å². The van der Waals surface area contributed by atoms with Crippen molar-refractivity contribution in [2.24, 2.45) is 0 Å². The highest BCUT2D eigenvalue weighted by molar-refractivity contribution is 6.31. The summed E-state index contributed by atoms with van der Waals surface area (Å²) in [4.78, 5) is 62.6. The normalized spacial score (nSPS) is 13.5. The Hall–Kier alpha value is -6.33. The van der Waals surface area contributed by atoms with Crippen LogP contribution in [0.4, 0.5) is 0 Å². The lowest BCUT2D eigenvalue weighted by molar-refractivity contribution is 0.100. The average Bonchev–Trinajstić information content (AvgIpc) is 3.45. The van der Waals surface area contributed by atoms with Gasteiger partial charge in [0, 0.05) is 27.8 Å². The molecular formula is C49H42O5. The fraction of sp³-hybridized carbons (Fsp3) is 0.163. The molecule has 5 heteroatoms. The predicted octanol–water partition coefficient (Wildman–Crippen LogP) is 11.1. The minimum absolute atomic E-state index is 0.0500. The van der Waals surface area contributed by atoms with Crippen molar-refractivity contribution in [1.29, 1.82) is 0 Å². The summed E-state index contributed by atoms with van der Waals surface area (Å²) in [5.74, 6) is -0.251. The van der Waals surface area contributed by atoms with Gasteiger partial charge in [-0.25, -0.2) is 0 Å². The van der Waals surface area contributed by atoms with Gasteiger partial charge >= 0.3 is 0 Å². The molecule has 0 unspecified atom stereocenters. The third kappa shape index (κ3) is 6.93. The van der Waals surface area contributed by atoms with E-state index in [1.165, 1.54) is 0 Å². The van der Waals surface area contributed by atoms with Crippen LogP contribution in [0.5, 0.6) is 0 Å².